The fourth-order valence-electron chi connectivity index (χ4n) is 3.32. The molecule has 0 amide bonds. The molecule has 0 spiro atoms. The van der Waals surface area contributed by atoms with Crippen molar-refractivity contribution in [1.82, 2.24) is 24.3 Å². The van der Waals surface area contributed by atoms with Gasteiger partial charge in [-0.3, -0.25) is 4.72 Å². The largest absolute Gasteiger partial charge is 0.378 e. The smallest absolute Gasteiger partial charge is 0.332 e. The molecule has 0 unspecified atom stereocenters. The quantitative estimate of drug-likeness (QED) is 0.554. The molecule has 1 saturated heterocycles. The minimum absolute atomic E-state index is 0.127. The number of hydrogen-bond acceptors (Lipinski definition) is 8. The van der Waals surface area contributed by atoms with Gasteiger partial charge < -0.3 is 14.6 Å². The molecule has 3 aromatic rings. The molecule has 1 aliphatic carbocycles. The van der Waals surface area contributed by atoms with E-state index in [-0.39, 0.29) is 21.2 Å². The highest BCUT2D eigenvalue weighted by atomic mass is 32.2. The molecule has 1 saturated carbocycles. The molecule has 3 aromatic heterocycles. The standard InChI is InChI=1S/C18H20F2N6O2S2/c1-18(2-3-18)24-30-10-8-11-13(15-22-23-16(29-15)14(19)20)21-17(27)26(11)12(9-10)25-4-6-28-7-5-25/h8-9,14,24H,2-7H2,1H3,(H,21,27). The molecule has 1 aliphatic heterocycles. The van der Waals surface area contributed by atoms with Gasteiger partial charge in [-0.25, -0.2) is 18.0 Å². The van der Waals surface area contributed by atoms with Crippen LogP contribution in [0.25, 0.3) is 16.2 Å². The molecule has 0 aromatic carbocycles. The number of ether oxygens (including phenoxy) is 1. The van der Waals surface area contributed by atoms with Gasteiger partial charge in [-0.05, 0) is 43.8 Å². The van der Waals surface area contributed by atoms with E-state index in [4.69, 9.17) is 4.74 Å². The maximum absolute atomic E-state index is 13.0. The number of imidazole rings is 1. The topological polar surface area (TPSA) is 87.5 Å². The number of aromatic nitrogens is 4. The molecule has 8 nitrogen and oxygen atoms in total. The first kappa shape index (κ1) is 19.9. The summed E-state index contributed by atoms with van der Waals surface area (Å²) < 4.78 is 36.5. The van der Waals surface area contributed by atoms with Crippen molar-refractivity contribution in [3.05, 3.63) is 27.6 Å². The normalized spacial score (nSPS) is 18.5. The first-order valence-electron chi connectivity index (χ1n) is 9.61. The maximum atomic E-state index is 13.0. The highest BCUT2D eigenvalue weighted by Crippen LogP contribution is 2.39. The van der Waals surface area contributed by atoms with Crippen molar-refractivity contribution in [3.8, 4) is 10.7 Å². The Bertz CT molecular complexity index is 1130. The van der Waals surface area contributed by atoms with Gasteiger partial charge in [-0.2, -0.15) is 0 Å². The zero-order valence-electron chi connectivity index (χ0n) is 16.2. The molecule has 30 heavy (non-hydrogen) atoms. The molecular formula is C18H20F2N6O2S2. The number of hydrogen-bond donors (Lipinski definition) is 2. The number of alkyl halides is 2. The third kappa shape index (κ3) is 3.72. The molecule has 2 N–H and O–H groups in total. The molecule has 4 heterocycles. The van der Waals surface area contributed by atoms with Crippen LogP contribution in [0.1, 0.15) is 31.2 Å². The van der Waals surface area contributed by atoms with Gasteiger partial charge in [-0.1, -0.05) is 11.3 Å². The molecule has 0 radical (unpaired) electrons. The average Bonchev–Trinajstić information content (AvgIpc) is 3.14. The summed E-state index contributed by atoms with van der Waals surface area (Å²) in [5.41, 5.74) is 0.779. The number of pyridine rings is 1. The summed E-state index contributed by atoms with van der Waals surface area (Å²) in [6, 6.07) is 3.86. The Morgan fingerprint density at radius 1 is 1.30 bits per heavy atom. The average molecular weight is 455 g/mol. The van der Waals surface area contributed by atoms with Crippen LogP contribution in [0.4, 0.5) is 14.6 Å². The zero-order valence-corrected chi connectivity index (χ0v) is 17.8. The van der Waals surface area contributed by atoms with Crippen LogP contribution < -0.4 is 15.3 Å². The van der Waals surface area contributed by atoms with Crippen LogP contribution in [-0.2, 0) is 4.74 Å². The summed E-state index contributed by atoms with van der Waals surface area (Å²) in [7, 11) is 0. The van der Waals surface area contributed by atoms with E-state index in [1.54, 1.807) is 4.40 Å². The molecule has 0 atom stereocenters. The van der Waals surface area contributed by atoms with Crippen molar-refractivity contribution >= 4 is 34.6 Å². The SMILES string of the molecule is CC1(NSc2cc(N3CCOCC3)n3c(=O)[nH]c(-c4nnc(C(F)F)s4)c3c2)CC1. The Kier molecular flexibility index (Phi) is 5.04. The second-order valence-electron chi connectivity index (χ2n) is 7.69. The van der Waals surface area contributed by atoms with Crippen LogP contribution in [0.2, 0.25) is 0 Å². The van der Waals surface area contributed by atoms with E-state index in [0.29, 0.717) is 37.5 Å². The Hall–Kier alpha value is -2.02. The van der Waals surface area contributed by atoms with Crippen LogP contribution in [0.5, 0.6) is 0 Å². The van der Waals surface area contributed by atoms with E-state index in [9.17, 15) is 13.6 Å². The summed E-state index contributed by atoms with van der Waals surface area (Å²) in [4.78, 5) is 18.7. The van der Waals surface area contributed by atoms with Gasteiger partial charge in [0.15, 0.2) is 10.0 Å². The fourth-order valence-corrected chi connectivity index (χ4v) is 4.93. The number of nitrogens with zero attached hydrogens (tertiary/aromatic N) is 4. The third-order valence-electron chi connectivity index (χ3n) is 5.30. The molecule has 12 heteroatoms. The molecular weight excluding hydrogens is 434 g/mol. The van der Waals surface area contributed by atoms with Gasteiger partial charge in [-0.15, -0.1) is 10.2 Å². The minimum Gasteiger partial charge on any atom is -0.378 e. The minimum atomic E-state index is -2.70. The van der Waals surface area contributed by atoms with E-state index in [0.717, 1.165) is 34.9 Å². The molecule has 2 aliphatic rings. The van der Waals surface area contributed by atoms with E-state index >= 15 is 0 Å². The molecule has 0 bridgehead atoms. The van der Waals surface area contributed by atoms with Crippen molar-refractivity contribution in [2.24, 2.45) is 0 Å². The number of morpholine rings is 1. The van der Waals surface area contributed by atoms with Crippen molar-refractivity contribution < 1.29 is 13.5 Å². The lowest BCUT2D eigenvalue weighted by Gasteiger charge is -2.29. The number of anilines is 1. The summed E-state index contributed by atoms with van der Waals surface area (Å²) in [5.74, 6) is 0.743. The van der Waals surface area contributed by atoms with Gasteiger partial charge in [0, 0.05) is 23.5 Å². The third-order valence-corrected chi connectivity index (χ3v) is 7.32. The Morgan fingerprint density at radius 2 is 2.07 bits per heavy atom. The van der Waals surface area contributed by atoms with Gasteiger partial charge in [0.2, 0.25) is 0 Å². The lowest BCUT2D eigenvalue weighted by Crippen LogP contribution is -2.38. The highest BCUT2D eigenvalue weighted by molar-refractivity contribution is 7.97. The first-order valence-corrected chi connectivity index (χ1v) is 11.2. The Morgan fingerprint density at radius 3 is 2.73 bits per heavy atom. The van der Waals surface area contributed by atoms with Crippen LogP contribution in [0.3, 0.4) is 0 Å². The summed E-state index contributed by atoms with van der Waals surface area (Å²) in [6.07, 6.45) is -0.459. The number of nitrogens with one attached hydrogen (secondary N) is 2. The number of H-pyrrole nitrogens is 1. The van der Waals surface area contributed by atoms with Crippen molar-refractivity contribution in [2.75, 3.05) is 31.2 Å². The lowest BCUT2D eigenvalue weighted by molar-refractivity contribution is 0.122. The van der Waals surface area contributed by atoms with Crippen molar-refractivity contribution in [3.63, 3.8) is 0 Å². The summed E-state index contributed by atoms with van der Waals surface area (Å²) in [6.45, 7) is 4.65. The number of fused-ring (bicyclic) bond motifs is 1. The monoisotopic (exact) mass is 454 g/mol. The van der Waals surface area contributed by atoms with Crippen LogP contribution in [0.15, 0.2) is 21.8 Å². The van der Waals surface area contributed by atoms with Crippen molar-refractivity contribution in [1.29, 1.82) is 0 Å². The zero-order chi connectivity index (χ0) is 20.9. The van der Waals surface area contributed by atoms with E-state index in [1.165, 1.54) is 11.9 Å². The molecule has 5 rings (SSSR count). The molecule has 160 valence electrons. The second-order valence-corrected chi connectivity index (χ2v) is 9.57. The molecule has 2 fully saturated rings. The predicted octanol–water partition coefficient (Wildman–Crippen LogP) is 3.07. The van der Waals surface area contributed by atoms with Gasteiger partial charge in [0.1, 0.15) is 11.5 Å². The van der Waals surface area contributed by atoms with Crippen molar-refractivity contribution in [2.45, 2.75) is 36.6 Å². The fraction of sp³-hybridized carbons (Fsp3) is 0.500. The Balaban J connectivity index is 1.62. The Labute approximate surface area is 178 Å². The van der Waals surface area contributed by atoms with Gasteiger partial charge >= 0.3 is 5.69 Å². The first-order chi connectivity index (χ1) is 14.4. The van der Waals surface area contributed by atoms with Crippen LogP contribution >= 0.6 is 23.3 Å². The number of aromatic amines is 1. The van der Waals surface area contributed by atoms with Gasteiger partial charge in [0.05, 0.1) is 18.7 Å². The van der Waals surface area contributed by atoms with Gasteiger partial charge in [0.25, 0.3) is 6.43 Å². The van der Waals surface area contributed by atoms with E-state index < -0.39 is 6.43 Å². The van der Waals surface area contributed by atoms with Crippen LogP contribution in [-0.4, -0.2) is 51.4 Å². The lowest BCUT2D eigenvalue weighted by atomic mass is 10.3. The number of rotatable bonds is 6. The summed E-state index contributed by atoms with van der Waals surface area (Å²) in [5, 5.41) is 7.35. The number of halogens is 2. The van der Waals surface area contributed by atoms with E-state index in [2.05, 4.69) is 31.7 Å². The van der Waals surface area contributed by atoms with Crippen LogP contribution in [0, 0.1) is 0 Å². The van der Waals surface area contributed by atoms with E-state index in [1.807, 2.05) is 12.1 Å². The predicted molar refractivity (Wildman–Crippen MR) is 112 cm³/mol. The summed E-state index contributed by atoms with van der Waals surface area (Å²) >= 11 is 2.30. The second kappa shape index (κ2) is 7.59. The maximum Gasteiger partial charge on any atom is 0.332 e. The highest BCUT2D eigenvalue weighted by Gasteiger charge is 2.37.